The van der Waals surface area contributed by atoms with Crippen molar-refractivity contribution >= 4 is 25.6 Å². The summed E-state index contributed by atoms with van der Waals surface area (Å²) >= 11 is 0. The van der Waals surface area contributed by atoms with Gasteiger partial charge >= 0.3 is 0 Å². The summed E-state index contributed by atoms with van der Waals surface area (Å²) in [5.74, 6) is -0.156. The van der Waals surface area contributed by atoms with Crippen LogP contribution in [-0.4, -0.2) is 33.7 Å². The molecule has 0 atom stereocenters. The third-order valence-electron chi connectivity index (χ3n) is 2.06. The molecule has 0 aliphatic carbocycles. The van der Waals surface area contributed by atoms with Crippen LogP contribution in [0.1, 0.15) is 0 Å². The highest BCUT2D eigenvalue weighted by atomic mass is 32.2. The second-order valence-electron chi connectivity index (χ2n) is 3.38. The van der Waals surface area contributed by atoms with Crippen LogP contribution in [0.3, 0.4) is 0 Å². The van der Waals surface area contributed by atoms with Crippen molar-refractivity contribution in [2.45, 2.75) is 4.90 Å². The number of rotatable bonds is 6. The van der Waals surface area contributed by atoms with E-state index in [0.29, 0.717) is 5.69 Å². The van der Waals surface area contributed by atoms with Gasteiger partial charge in [0.05, 0.1) is 22.9 Å². The first-order valence-corrected chi connectivity index (χ1v) is 8.00. The van der Waals surface area contributed by atoms with Crippen molar-refractivity contribution in [2.75, 3.05) is 12.3 Å². The summed E-state index contributed by atoms with van der Waals surface area (Å²) in [5, 5.41) is 4.82. The molecular formula is C10H12NO5S2. The maximum atomic E-state index is 11.1. The molecule has 0 aromatic heterocycles. The van der Waals surface area contributed by atoms with E-state index in [2.05, 4.69) is 11.9 Å². The molecule has 0 bridgehead atoms. The third-order valence-corrected chi connectivity index (χ3v) is 4.19. The minimum Gasteiger partial charge on any atom is -0.284 e. The molecule has 0 amide bonds. The lowest BCUT2D eigenvalue weighted by atomic mass is 10.3. The molecule has 0 fully saturated rings. The van der Waals surface area contributed by atoms with Crippen LogP contribution in [0.15, 0.2) is 41.1 Å². The second kappa shape index (κ2) is 5.51. The fourth-order valence-corrected chi connectivity index (χ4v) is 2.10. The van der Waals surface area contributed by atoms with Crippen molar-refractivity contribution in [1.29, 1.82) is 0 Å². The Bertz CT molecular complexity index is 617. The lowest BCUT2D eigenvalue weighted by Gasteiger charge is -2.03. The van der Waals surface area contributed by atoms with Gasteiger partial charge in [-0.25, -0.2) is 8.42 Å². The van der Waals surface area contributed by atoms with Crippen LogP contribution < -0.4 is 5.32 Å². The molecule has 1 radical (unpaired) electrons. The van der Waals surface area contributed by atoms with Gasteiger partial charge < -0.3 is 0 Å². The number of hydrogen-bond acceptors (Lipinski definition) is 4. The SMILES string of the molecule is C=CS(=O)(=O)CC[N]c1ccc(S(=O)(=O)O)cc1. The predicted octanol–water partition coefficient (Wildman–Crippen LogP) is 0.727. The Labute approximate surface area is 106 Å². The van der Waals surface area contributed by atoms with Gasteiger partial charge in [0.25, 0.3) is 10.1 Å². The van der Waals surface area contributed by atoms with E-state index < -0.39 is 20.0 Å². The minimum absolute atomic E-state index is 0.0551. The van der Waals surface area contributed by atoms with Crippen molar-refractivity contribution in [1.82, 2.24) is 5.32 Å². The number of sulfone groups is 1. The van der Waals surface area contributed by atoms with Gasteiger partial charge in [-0.3, -0.25) is 9.87 Å². The molecule has 1 aromatic rings. The first kappa shape index (κ1) is 14.7. The van der Waals surface area contributed by atoms with Crippen molar-refractivity contribution in [2.24, 2.45) is 0 Å². The molecule has 8 heteroatoms. The summed E-state index contributed by atoms with van der Waals surface area (Å²) in [4.78, 5) is -0.236. The lowest BCUT2D eigenvalue weighted by molar-refractivity contribution is 0.483. The molecule has 1 aromatic carbocycles. The molecule has 1 rings (SSSR count). The molecule has 0 unspecified atom stereocenters. The second-order valence-corrected chi connectivity index (χ2v) is 6.87. The van der Waals surface area contributed by atoms with Gasteiger partial charge in [-0.1, -0.05) is 6.58 Å². The van der Waals surface area contributed by atoms with Gasteiger partial charge in [-0.05, 0) is 24.3 Å². The summed E-state index contributed by atoms with van der Waals surface area (Å²) in [6.07, 6.45) is 0. The number of benzene rings is 1. The maximum Gasteiger partial charge on any atom is 0.294 e. The highest BCUT2D eigenvalue weighted by Gasteiger charge is 2.09. The average molecular weight is 290 g/mol. The molecule has 0 spiro atoms. The number of nitrogens with zero attached hydrogens (tertiary/aromatic N) is 1. The first-order chi connectivity index (χ1) is 8.24. The van der Waals surface area contributed by atoms with Crippen LogP contribution in [0, 0.1) is 0 Å². The molecule has 18 heavy (non-hydrogen) atoms. The predicted molar refractivity (Wildman–Crippen MR) is 66.9 cm³/mol. The number of hydrogen-bond donors (Lipinski definition) is 1. The van der Waals surface area contributed by atoms with Gasteiger partial charge in [-0.15, -0.1) is 0 Å². The van der Waals surface area contributed by atoms with Crippen molar-refractivity contribution < 1.29 is 21.4 Å². The van der Waals surface area contributed by atoms with E-state index in [1.807, 2.05) is 0 Å². The Morgan fingerprint density at radius 2 is 1.72 bits per heavy atom. The monoisotopic (exact) mass is 290 g/mol. The van der Waals surface area contributed by atoms with E-state index in [4.69, 9.17) is 4.55 Å². The fourth-order valence-electron chi connectivity index (χ4n) is 1.11. The zero-order valence-electron chi connectivity index (χ0n) is 9.35. The lowest BCUT2D eigenvalue weighted by Crippen LogP contribution is -2.12. The van der Waals surface area contributed by atoms with E-state index >= 15 is 0 Å². The van der Waals surface area contributed by atoms with E-state index in [1.54, 1.807) is 0 Å². The first-order valence-electron chi connectivity index (χ1n) is 4.85. The molecule has 99 valence electrons. The molecule has 0 saturated heterocycles. The summed E-state index contributed by atoms with van der Waals surface area (Å²) in [6, 6.07) is 5.14. The van der Waals surface area contributed by atoms with Crippen LogP contribution >= 0.6 is 0 Å². The van der Waals surface area contributed by atoms with Crippen molar-refractivity contribution in [3.8, 4) is 0 Å². The van der Waals surface area contributed by atoms with Crippen molar-refractivity contribution in [3.05, 3.63) is 36.3 Å². The highest BCUT2D eigenvalue weighted by Crippen LogP contribution is 2.13. The Balaban J connectivity index is 2.63. The quantitative estimate of drug-likeness (QED) is 0.778. The molecular weight excluding hydrogens is 278 g/mol. The summed E-state index contributed by atoms with van der Waals surface area (Å²) < 4.78 is 52.4. The largest absolute Gasteiger partial charge is 0.294 e. The maximum absolute atomic E-state index is 11.1. The molecule has 0 aliphatic heterocycles. The Kier molecular flexibility index (Phi) is 4.49. The molecule has 1 N–H and O–H groups in total. The Morgan fingerprint density at radius 1 is 1.17 bits per heavy atom. The van der Waals surface area contributed by atoms with Gasteiger partial charge in [0.2, 0.25) is 0 Å². The van der Waals surface area contributed by atoms with Crippen LogP contribution in [0.5, 0.6) is 0 Å². The fraction of sp³-hybridized carbons (Fsp3) is 0.200. The van der Waals surface area contributed by atoms with Gasteiger partial charge in [0.1, 0.15) is 0 Å². The van der Waals surface area contributed by atoms with E-state index in [1.165, 1.54) is 24.3 Å². The van der Waals surface area contributed by atoms with Gasteiger partial charge in [-0.2, -0.15) is 8.42 Å². The zero-order valence-corrected chi connectivity index (χ0v) is 11.0. The van der Waals surface area contributed by atoms with Crippen molar-refractivity contribution in [3.63, 3.8) is 0 Å². The average Bonchev–Trinajstić information content (AvgIpc) is 2.28. The van der Waals surface area contributed by atoms with Gasteiger partial charge in [0.15, 0.2) is 9.84 Å². The van der Waals surface area contributed by atoms with Crippen LogP contribution in [0.25, 0.3) is 0 Å². The normalized spacial score (nSPS) is 12.1. The highest BCUT2D eigenvalue weighted by molar-refractivity contribution is 7.94. The van der Waals surface area contributed by atoms with E-state index in [9.17, 15) is 16.8 Å². The van der Waals surface area contributed by atoms with E-state index in [0.717, 1.165) is 5.41 Å². The van der Waals surface area contributed by atoms with Gasteiger partial charge in [0, 0.05) is 5.41 Å². The zero-order chi connectivity index (χ0) is 13.8. The van der Waals surface area contributed by atoms with Crippen LogP contribution in [0.2, 0.25) is 0 Å². The third kappa shape index (κ3) is 4.47. The molecule has 6 nitrogen and oxygen atoms in total. The Hall–Kier alpha value is -1.38. The van der Waals surface area contributed by atoms with E-state index in [-0.39, 0.29) is 17.2 Å². The van der Waals surface area contributed by atoms with Crippen LogP contribution in [0.4, 0.5) is 5.69 Å². The minimum atomic E-state index is -4.22. The summed E-state index contributed by atoms with van der Waals surface area (Å²) in [6.45, 7) is 3.23. The standard InChI is InChI=1S/C10H12NO5S2/c1-2-17(12,13)8-7-11-9-3-5-10(6-4-9)18(14,15)16/h2-6H,1,7-8H2,(H,14,15,16). The van der Waals surface area contributed by atoms with Crippen LogP contribution in [-0.2, 0) is 20.0 Å². The smallest absolute Gasteiger partial charge is 0.284 e. The topological polar surface area (TPSA) is 103 Å². The molecule has 0 heterocycles. The molecule has 0 saturated carbocycles. The molecule has 0 aliphatic rings. The summed E-state index contributed by atoms with van der Waals surface area (Å²) in [5.41, 5.74) is 0.432. The Morgan fingerprint density at radius 3 is 2.17 bits per heavy atom. The summed E-state index contributed by atoms with van der Waals surface area (Å²) in [7, 11) is -7.50.